The number of primary sulfonamides is 1. The van der Waals surface area contributed by atoms with Crippen molar-refractivity contribution in [1.82, 2.24) is 4.72 Å². The summed E-state index contributed by atoms with van der Waals surface area (Å²) in [7, 11) is -8.02. The van der Waals surface area contributed by atoms with E-state index >= 15 is 0 Å². The molecule has 0 aromatic heterocycles. The second-order valence-corrected chi connectivity index (χ2v) is 7.39. The van der Waals surface area contributed by atoms with Gasteiger partial charge in [0.2, 0.25) is 20.0 Å². The van der Waals surface area contributed by atoms with Gasteiger partial charge < -0.3 is 0 Å². The number of nitrogens with one attached hydrogen (secondary N) is 1. The van der Waals surface area contributed by atoms with Gasteiger partial charge in [0.15, 0.2) is 0 Å². The number of nitrogens with two attached hydrogens (primary N) is 1. The molecule has 0 spiro atoms. The molecule has 0 saturated carbocycles. The van der Waals surface area contributed by atoms with Crippen LogP contribution in [0.3, 0.4) is 0 Å². The summed E-state index contributed by atoms with van der Waals surface area (Å²) in [6.45, 7) is 3.74. The highest BCUT2D eigenvalue weighted by Gasteiger charge is 2.23. The van der Waals surface area contributed by atoms with Crippen LogP contribution in [0.4, 0.5) is 0 Å². The van der Waals surface area contributed by atoms with Gasteiger partial charge in [-0.1, -0.05) is 23.8 Å². The third-order valence-electron chi connectivity index (χ3n) is 2.23. The Morgan fingerprint density at radius 2 is 1.68 bits per heavy atom. The highest BCUT2D eigenvalue weighted by atomic mass is 32.2. The number of benzene rings is 1. The summed E-state index contributed by atoms with van der Waals surface area (Å²) in [6.07, 6.45) is 1.68. The van der Waals surface area contributed by atoms with Crippen LogP contribution in [0, 0.1) is 0 Å². The van der Waals surface area contributed by atoms with Crippen molar-refractivity contribution in [3.63, 3.8) is 0 Å². The maximum absolute atomic E-state index is 12.0. The molecule has 19 heavy (non-hydrogen) atoms. The van der Waals surface area contributed by atoms with Gasteiger partial charge in [-0.05, 0) is 26.0 Å². The summed E-state index contributed by atoms with van der Waals surface area (Å²) in [5.41, 5.74) is 0.947. The predicted molar refractivity (Wildman–Crippen MR) is 72.4 cm³/mol. The lowest BCUT2D eigenvalue weighted by Gasteiger charge is -2.09. The molecule has 0 fully saturated rings. The van der Waals surface area contributed by atoms with E-state index in [9.17, 15) is 16.8 Å². The lowest BCUT2D eigenvalue weighted by atomic mass is 10.3. The molecule has 0 amide bonds. The molecule has 3 N–H and O–H groups in total. The molecule has 0 aliphatic rings. The van der Waals surface area contributed by atoms with Crippen LogP contribution in [0.5, 0.6) is 0 Å². The molecule has 8 heteroatoms. The zero-order valence-corrected chi connectivity index (χ0v) is 12.3. The molecule has 0 saturated heterocycles. The summed E-state index contributed by atoms with van der Waals surface area (Å²) in [4.78, 5) is -0.764. The van der Waals surface area contributed by atoms with Crippen molar-refractivity contribution in [2.45, 2.75) is 23.6 Å². The van der Waals surface area contributed by atoms with Crippen LogP contribution in [-0.4, -0.2) is 23.4 Å². The van der Waals surface area contributed by atoms with Gasteiger partial charge in [-0.2, -0.15) is 0 Å². The third kappa shape index (κ3) is 4.43. The minimum absolute atomic E-state index is 0.0869. The van der Waals surface area contributed by atoms with Crippen molar-refractivity contribution >= 4 is 20.0 Å². The van der Waals surface area contributed by atoms with Crippen molar-refractivity contribution < 1.29 is 16.8 Å². The zero-order chi connectivity index (χ0) is 14.7. The first kappa shape index (κ1) is 15.8. The van der Waals surface area contributed by atoms with Crippen molar-refractivity contribution in [3.8, 4) is 0 Å². The van der Waals surface area contributed by atoms with Crippen LogP contribution in [0.25, 0.3) is 0 Å². The van der Waals surface area contributed by atoms with Crippen LogP contribution >= 0.6 is 0 Å². The SMILES string of the molecule is CC(C)=CCNS(=O)(=O)c1ccccc1S(N)(=O)=O. The van der Waals surface area contributed by atoms with Crippen molar-refractivity contribution in [2.75, 3.05) is 6.54 Å². The Morgan fingerprint density at radius 3 is 2.16 bits per heavy atom. The van der Waals surface area contributed by atoms with Crippen LogP contribution in [0.15, 0.2) is 45.7 Å². The van der Waals surface area contributed by atoms with Crippen LogP contribution in [0.1, 0.15) is 13.8 Å². The summed E-state index contributed by atoms with van der Waals surface area (Å²) in [6, 6.07) is 5.20. The first-order valence-electron chi connectivity index (χ1n) is 5.39. The predicted octanol–water partition coefficient (Wildman–Crippen LogP) is 0.579. The second kappa shape index (κ2) is 5.83. The van der Waals surface area contributed by atoms with Gasteiger partial charge in [-0.15, -0.1) is 0 Å². The smallest absolute Gasteiger partial charge is 0.225 e. The van der Waals surface area contributed by atoms with Crippen molar-refractivity contribution in [2.24, 2.45) is 5.14 Å². The molecule has 0 bridgehead atoms. The number of hydrogen-bond acceptors (Lipinski definition) is 4. The molecular formula is C11H16N2O4S2. The molecule has 6 nitrogen and oxygen atoms in total. The van der Waals surface area contributed by atoms with Gasteiger partial charge >= 0.3 is 0 Å². The van der Waals surface area contributed by atoms with Crippen molar-refractivity contribution in [1.29, 1.82) is 0 Å². The second-order valence-electron chi connectivity index (χ2n) is 4.13. The topological polar surface area (TPSA) is 106 Å². The summed E-state index contributed by atoms with van der Waals surface area (Å²) >= 11 is 0. The highest BCUT2D eigenvalue weighted by Crippen LogP contribution is 2.18. The fourth-order valence-corrected chi connectivity index (χ4v) is 3.68. The maximum Gasteiger partial charge on any atom is 0.242 e. The van der Waals surface area contributed by atoms with E-state index in [0.717, 1.165) is 11.6 Å². The minimum atomic E-state index is -4.09. The normalized spacial score (nSPS) is 12.2. The largest absolute Gasteiger partial charge is 0.242 e. The molecule has 0 unspecified atom stereocenters. The molecule has 0 radical (unpaired) electrons. The molecule has 0 heterocycles. The van der Waals surface area contributed by atoms with Gasteiger partial charge in [0.1, 0.15) is 9.79 Å². The summed E-state index contributed by atoms with van der Waals surface area (Å²) < 4.78 is 49.0. The summed E-state index contributed by atoms with van der Waals surface area (Å²) in [5, 5.41) is 5.00. The van der Waals surface area contributed by atoms with Gasteiger partial charge in [0, 0.05) is 6.54 Å². The average Bonchev–Trinajstić information content (AvgIpc) is 2.27. The van der Waals surface area contributed by atoms with E-state index in [-0.39, 0.29) is 11.4 Å². The Labute approximate surface area is 113 Å². The molecule has 106 valence electrons. The van der Waals surface area contributed by atoms with Gasteiger partial charge in [0.05, 0.1) is 0 Å². The molecule has 1 rings (SSSR count). The molecule has 0 aliphatic heterocycles. The fraction of sp³-hybridized carbons (Fsp3) is 0.273. The number of allylic oxidation sites excluding steroid dienone is 1. The first-order chi connectivity index (χ1) is 8.64. The van der Waals surface area contributed by atoms with E-state index in [1.54, 1.807) is 6.08 Å². The fourth-order valence-electron chi connectivity index (χ4n) is 1.34. The minimum Gasteiger partial charge on any atom is -0.225 e. The van der Waals surface area contributed by atoms with E-state index in [1.165, 1.54) is 18.2 Å². The van der Waals surface area contributed by atoms with E-state index in [0.29, 0.717) is 0 Å². The first-order valence-corrected chi connectivity index (χ1v) is 8.42. The van der Waals surface area contributed by atoms with Gasteiger partial charge in [0.25, 0.3) is 0 Å². The lowest BCUT2D eigenvalue weighted by molar-refractivity contribution is 0.576. The summed E-state index contributed by atoms with van der Waals surface area (Å²) in [5.74, 6) is 0. The van der Waals surface area contributed by atoms with E-state index < -0.39 is 24.9 Å². The molecule has 1 aromatic carbocycles. The molecule has 0 atom stereocenters. The Hall–Kier alpha value is -1.22. The highest BCUT2D eigenvalue weighted by molar-refractivity contribution is 7.92. The molecule has 1 aromatic rings. The van der Waals surface area contributed by atoms with E-state index in [2.05, 4.69) is 4.72 Å². The van der Waals surface area contributed by atoms with Gasteiger partial charge in [-0.3, -0.25) is 0 Å². The zero-order valence-electron chi connectivity index (χ0n) is 10.6. The number of hydrogen-bond donors (Lipinski definition) is 2. The Balaban J connectivity index is 3.20. The van der Waals surface area contributed by atoms with Crippen LogP contribution in [0.2, 0.25) is 0 Å². The Morgan fingerprint density at radius 1 is 1.16 bits per heavy atom. The van der Waals surface area contributed by atoms with Gasteiger partial charge in [-0.25, -0.2) is 26.7 Å². The van der Waals surface area contributed by atoms with E-state index in [4.69, 9.17) is 5.14 Å². The van der Waals surface area contributed by atoms with E-state index in [1.807, 2.05) is 13.8 Å². The number of sulfonamides is 2. The monoisotopic (exact) mass is 304 g/mol. The quantitative estimate of drug-likeness (QED) is 0.776. The average molecular weight is 304 g/mol. The lowest BCUT2D eigenvalue weighted by Crippen LogP contribution is -2.26. The molecule has 0 aliphatic carbocycles. The molecular weight excluding hydrogens is 288 g/mol. The Kier molecular flexibility index (Phi) is 4.86. The standard InChI is InChI=1S/C11H16N2O4S2/c1-9(2)7-8-13-19(16,17)11-6-4-3-5-10(11)18(12,14)15/h3-7,13H,8H2,1-2H3,(H2,12,14,15). The van der Waals surface area contributed by atoms with Crippen molar-refractivity contribution in [3.05, 3.63) is 35.9 Å². The number of rotatable bonds is 5. The maximum atomic E-state index is 12.0. The Bertz CT molecular complexity index is 687. The van der Waals surface area contributed by atoms with Crippen LogP contribution in [-0.2, 0) is 20.0 Å². The van der Waals surface area contributed by atoms with Crippen LogP contribution < -0.4 is 9.86 Å². The third-order valence-corrected chi connectivity index (χ3v) is 4.81.